The Kier molecular flexibility index (Phi) is 3.55. The van der Waals surface area contributed by atoms with Crippen LogP contribution in [-0.4, -0.2) is 12.6 Å². The van der Waals surface area contributed by atoms with Crippen LogP contribution in [0.1, 0.15) is 50.6 Å². The molecule has 0 amide bonds. The second-order valence-electron chi connectivity index (χ2n) is 5.83. The maximum absolute atomic E-state index is 5.71. The van der Waals surface area contributed by atoms with E-state index in [9.17, 15) is 0 Å². The van der Waals surface area contributed by atoms with E-state index in [4.69, 9.17) is 4.74 Å². The third-order valence-corrected chi connectivity index (χ3v) is 4.36. The minimum Gasteiger partial charge on any atom is -0.493 e. The van der Waals surface area contributed by atoms with Crippen molar-refractivity contribution in [1.29, 1.82) is 0 Å². The van der Waals surface area contributed by atoms with E-state index in [0.717, 1.165) is 24.7 Å². The van der Waals surface area contributed by atoms with Gasteiger partial charge in [0.05, 0.1) is 6.61 Å². The van der Waals surface area contributed by atoms with E-state index in [-0.39, 0.29) is 0 Å². The molecular weight excluding hydrogens is 222 g/mol. The van der Waals surface area contributed by atoms with Crippen LogP contribution in [0.2, 0.25) is 0 Å². The molecule has 2 unspecified atom stereocenters. The molecule has 0 saturated heterocycles. The molecule has 2 atom stereocenters. The van der Waals surface area contributed by atoms with Gasteiger partial charge in [-0.15, -0.1) is 0 Å². The molecule has 98 valence electrons. The van der Waals surface area contributed by atoms with Gasteiger partial charge in [0.1, 0.15) is 5.75 Å². The van der Waals surface area contributed by atoms with Crippen molar-refractivity contribution in [3.63, 3.8) is 0 Å². The van der Waals surface area contributed by atoms with Crippen LogP contribution in [-0.2, 0) is 0 Å². The molecule has 2 heteroatoms. The number of fused-ring (bicyclic) bond motifs is 1. The molecule has 3 rings (SSSR count). The maximum Gasteiger partial charge on any atom is 0.124 e. The molecule has 1 N–H and O–H groups in total. The molecule has 0 spiro atoms. The van der Waals surface area contributed by atoms with E-state index in [0.29, 0.717) is 12.1 Å². The first-order chi connectivity index (χ1) is 8.83. The molecule has 1 aromatic carbocycles. The Morgan fingerprint density at radius 3 is 2.89 bits per heavy atom. The van der Waals surface area contributed by atoms with Gasteiger partial charge in [-0.1, -0.05) is 37.5 Å². The standard InChI is InChI=1S/C16H23NO/c1-12(11-13-5-4-6-13)17-15-9-10-18-16-8-3-2-7-14(15)16/h2-3,7-8,12-13,15,17H,4-6,9-11H2,1H3. The molecule has 1 fully saturated rings. The molecule has 1 saturated carbocycles. The van der Waals surface area contributed by atoms with Crippen molar-refractivity contribution in [3.8, 4) is 5.75 Å². The first-order valence-electron chi connectivity index (χ1n) is 7.30. The molecule has 0 radical (unpaired) electrons. The van der Waals surface area contributed by atoms with E-state index >= 15 is 0 Å². The number of ether oxygens (including phenoxy) is 1. The fraction of sp³-hybridized carbons (Fsp3) is 0.625. The molecule has 1 heterocycles. The monoisotopic (exact) mass is 245 g/mol. The lowest BCUT2D eigenvalue weighted by Gasteiger charge is -2.33. The van der Waals surface area contributed by atoms with E-state index in [2.05, 4.69) is 36.5 Å². The Labute approximate surface area is 110 Å². The van der Waals surface area contributed by atoms with Crippen molar-refractivity contribution in [3.05, 3.63) is 29.8 Å². The highest BCUT2D eigenvalue weighted by molar-refractivity contribution is 5.37. The third kappa shape index (κ3) is 2.54. The summed E-state index contributed by atoms with van der Waals surface area (Å²) in [7, 11) is 0. The lowest BCUT2D eigenvalue weighted by molar-refractivity contribution is 0.222. The summed E-state index contributed by atoms with van der Waals surface area (Å²) in [5, 5.41) is 3.79. The van der Waals surface area contributed by atoms with Crippen molar-refractivity contribution in [2.24, 2.45) is 5.92 Å². The molecule has 1 aliphatic carbocycles. The highest BCUT2D eigenvalue weighted by Crippen LogP contribution is 2.34. The van der Waals surface area contributed by atoms with E-state index in [1.54, 1.807) is 0 Å². The maximum atomic E-state index is 5.71. The van der Waals surface area contributed by atoms with E-state index in [1.165, 1.54) is 31.2 Å². The highest BCUT2D eigenvalue weighted by Gasteiger charge is 2.25. The van der Waals surface area contributed by atoms with Gasteiger partial charge in [0, 0.05) is 24.1 Å². The molecule has 2 nitrogen and oxygen atoms in total. The van der Waals surface area contributed by atoms with Gasteiger partial charge in [-0.05, 0) is 25.3 Å². The van der Waals surface area contributed by atoms with Crippen LogP contribution < -0.4 is 10.1 Å². The van der Waals surface area contributed by atoms with Crippen LogP contribution >= 0.6 is 0 Å². The molecule has 18 heavy (non-hydrogen) atoms. The number of hydrogen-bond acceptors (Lipinski definition) is 2. The van der Waals surface area contributed by atoms with Crippen molar-refractivity contribution < 1.29 is 4.74 Å². The third-order valence-electron chi connectivity index (χ3n) is 4.36. The van der Waals surface area contributed by atoms with Crippen LogP contribution in [0.5, 0.6) is 5.75 Å². The van der Waals surface area contributed by atoms with Crippen LogP contribution in [0.3, 0.4) is 0 Å². The van der Waals surface area contributed by atoms with Crippen molar-refractivity contribution >= 4 is 0 Å². The van der Waals surface area contributed by atoms with Crippen molar-refractivity contribution in [2.75, 3.05) is 6.61 Å². The fourth-order valence-corrected chi connectivity index (χ4v) is 3.16. The average Bonchev–Trinajstić information content (AvgIpc) is 2.34. The minimum atomic E-state index is 0.477. The molecule has 0 bridgehead atoms. The molecule has 1 aliphatic heterocycles. The zero-order chi connectivity index (χ0) is 12.4. The summed E-state index contributed by atoms with van der Waals surface area (Å²) < 4.78 is 5.71. The Balaban J connectivity index is 1.62. The van der Waals surface area contributed by atoms with Crippen molar-refractivity contribution in [2.45, 2.75) is 51.1 Å². The van der Waals surface area contributed by atoms with Gasteiger partial charge in [-0.3, -0.25) is 0 Å². The Morgan fingerprint density at radius 1 is 1.28 bits per heavy atom. The van der Waals surface area contributed by atoms with Gasteiger partial charge >= 0.3 is 0 Å². The number of nitrogens with one attached hydrogen (secondary N) is 1. The predicted octanol–water partition coefficient (Wildman–Crippen LogP) is 3.68. The number of rotatable bonds is 4. The first-order valence-corrected chi connectivity index (χ1v) is 7.30. The zero-order valence-corrected chi connectivity index (χ0v) is 11.2. The van der Waals surface area contributed by atoms with E-state index < -0.39 is 0 Å². The Bertz CT molecular complexity index is 400. The quantitative estimate of drug-likeness (QED) is 0.873. The van der Waals surface area contributed by atoms with Gasteiger partial charge in [-0.25, -0.2) is 0 Å². The summed E-state index contributed by atoms with van der Waals surface area (Å²) in [5.74, 6) is 2.04. The summed E-state index contributed by atoms with van der Waals surface area (Å²) >= 11 is 0. The second kappa shape index (κ2) is 5.31. The summed E-state index contributed by atoms with van der Waals surface area (Å²) in [6.45, 7) is 3.17. The van der Waals surface area contributed by atoms with Gasteiger partial charge in [-0.2, -0.15) is 0 Å². The van der Waals surface area contributed by atoms with Crippen LogP contribution in [0.25, 0.3) is 0 Å². The summed E-state index contributed by atoms with van der Waals surface area (Å²) in [6, 6.07) is 9.54. The smallest absolute Gasteiger partial charge is 0.124 e. The topological polar surface area (TPSA) is 21.3 Å². The molecular formula is C16H23NO. The van der Waals surface area contributed by atoms with Crippen LogP contribution in [0.15, 0.2) is 24.3 Å². The summed E-state index contributed by atoms with van der Waals surface area (Å²) in [6.07, 6.45) is 6.75. The SMILES string of the molecule is CC(CC1CCC1)NC1CCOc2ccccc21. The van der Waals surface area contributed by atoms with Gasteiger partial charge < -0.3 is 10.1 Å². The predicted molar refractivity (Wildman–Crippen MR) is 73.9 cm³/mol. The van der Waals surface area contributed by atoms with Gasteiger partial charge in [0.25, 0.3) is 0 Å². The Morgan fingerprint density at radius 2 is 2.11 bits per heavy atom. The van der Waals surface area contributed by atoms with Gasteiger partial charge in [0.2, 0.25) is 0 Å². The number of benzene rings is 1. The summed E-state index contributed by atoms with van der Waals surface area (Å²) in [5.41, 5.74) is 1.34. The minimum absolute atomic E-state index is 0.477. The van der Waals surface area contributed by atoms with E-state index in [1.807, 2.05) is 0 Å². The lowest BCUT2D eigenvalue weighted by atomic mass is 9.81. The summed E-state index contributed by atoms with van der Waals surface area (Å²) in [4.78, 5) is 0. The number of para-hydroxylation sites is 1. The zero-order valence-electron chi connectivity index (χ0n) is 11.2. The second-order valence-corrected chi connectivity index (χ2v) is 5.83. The van der Waals surface area contributed by atoms with Crippen LogP contribution in [0, 0.1) is 5.92 Å². The average molecular weight is 245 g/mol. The largest absolute Gasteiger partial charge is 0.493 e. The highest BCUT2D eigenvalue weighted by atomic mass is 16.5. The number of hydrogen-bond donors (Lipinski definition) is 1. The first kappa shape index (κ1) is 12.0. The van der Waals surface area contributed by atoms with Crippen LogP contribution in [0.4, 0.5) is 0 Å². The molecule has 1 aromatic rings. The normalized spacial score (nSPS) is 24.8. The molecule has 2 aliphatic rings. The Hall–Kier alpha value is -1.02. The molecule has 0 aromatic heterocycles. The fourth-order valence-electron chi connectivity index (χ4n) is 3.16. The van der Waals surface area contributed by atoms with Crippen molar-refractivity contribution in [1.82, 2.24) is 5.32 Å². The van der Waals surface area contributed by atoms with Gasteiger partial charge in [0.15, 0.2) is 0 Å². The lowest BCUT2D eigenvalue weighted by Crippen LogP contribution is -2.35.